The van der Waals surface area contributed by atoms with Gasteiger partial charge in [0.2, 0.25) is 5.91 Å². The van der Waals surface area contributed by atoms with E-state index in [4.69, 9.17) is 14.2 Å². The second-order valence-electron chi connectivity index (χ2n) is 7.24. The Kier molecular flexibility index (Phi) is 7.29. The van der Waals surface area contributed by atoms with E-state index in [0.717, 1.165) is 5.56 Å². The molecule has 1 heterocycles. The molecule has 156 valence electrons. The molecule has 1 amide bonds. The van der Waals surface area contributed by atoms with Crippen LogP contribution in [0.3, 0.4) is 0 Å². The van der Waals surface area contributed by atoms with Gasteiger partial charge in [0, 0.05) is 19.8 Å². The zero-order valence-corrected chi connectivity index (χ0v) is 17.2. The summed E-state index contributed by atoms with van der Waals surface area (Å²) >= 11 is 0. The zero-order valence-electron chi connectivity index (χ0n) is 17.2. The summed E-state index contributed by atoms with van der Waals surface area (Å²) < 4.78 is 16.0. The number of benzene rings is 1. The van der Waals surface area contributed by atoms with Crippen molar-refractivity contribution in [3.63, 3.8) is 0 Å². The summed E-state index contributed by atoms with van der Waals surface area (Å²) in [5.41, 5.74) is -0.924. The Balaban J connectivity index is 2.29. The topological polar surface area (TPSA) is 94.1 Å². The van der Waals surface area contributed by atoms with Gasteiger partial charge in [-0.3, -0.25) is 9.59 Å². The van der Waals surface area contributed by atoms with E-state index < -0.39 is 16.8 Å². The van der Waals surface area contributed by atoms with E-state index in [0.29, 0.717) is 50.4 Å². The number of rotatable bonds is 9. The lowest BCUT2D eigenvalue weighted by molar-refractivity contribution is -0.155. The fourth-order valence-electron chi connectivity index (χ4n) is 3.89. The molecule has 0 aromatic heterocycles. The third kappa shape index (κ3) is 4.09. The van der Waals surface area contributed by atoms with Gasteiger partial charge in [-0.25, -0.2) is 0 Å². The first-order chi connectivity index (χ1) is 13.4. The summed E-state index contributed by atoms with van der Waals surface area (Å²) in [6.45, 7) is 4.80. The monoisotopic (exact) mass is 393 g/mol. The molecule has 0 atom stereocenters. The highest BCUT2D eigenvalue weighted by atomic mass is 16.5. The molecule has 1 fully saturated rings. The smallest absolute Gasteiger partial charge is 0.311 e. The van der Waals surface area contributed by atoms with Gasteiger partial charge in [0.25, 0.3) is 0 Å². The SMILES string of the molecule is CCC(CC)(C(=O)NCC1(C(=O)O)CCOCC1)c1ccc(OC)c(OC)c1. The summed E-state index contributed by atoms with van der Waals surface area (Å²) in [7, 11) is 3.12. The van der Waals surface area contributed by atoms with Crippen LogP contribution in [-0.4, -0.2) is 51.0 Å². The van der Waals surface area contributed by atoms with E-state index in [1.807, 2.05) is 26.0 Å². The van der Waals surface area contributed by atoms with Crippen molar-refractivity contribution in [2.45, 2.75) is 44.9 Å². The van der Waals surface area contributed by atoms with Crippen molar-refractivity contribution >= 4 is 11.9 Å². The van der Waals surface area contributed by atoms with Crippen LogP contribution in [0.4, 0.5) is 0 Å². The average molecular weight is 393 g/mol. The van der Waals surface area contributed by atoms with Gasteiger partial charge in [0.15, 0.2) is 11.5 Å². The summed E-state index contributed by atoms with van der Waals surface area (Å²) in [6.07, 6.45) is 1.94. The van der Waals surface area contributed by atoms with Gasteiger partial charge in [0.1, 0.15) is 0 Å². The molecular weight excluding hydrogens is 362 g/mol. The molecule has 28 heavy (non-hydrogen) atoms. The third-order valence-electron chi connectivity index (χ3n) is 6.07. The van der Waals surface area contributed by atoms with Gasteiger partial charge in [-0.2, -0.15) is 0 Å². The lowest BCUT2D eigenvalue weighted by Gasteiger charge is -2.36. The number of hydrogen-bond donors (Lipinski definition) is 2. The van der Waals surface area contributed by atoms with Crippen LogP contribution in [0.5, 0.6) is 11.5 Å². The number of carbonyl (C=O) groups excluding carboxylic acids is 1. The normalized spacial score (nSPS) is 16.3. The minimum absolute atomic E-state index is 0.0968. The third-order valence-corrected chi connectivity index (χ3v) is 6.07. The lowest BCUT2D eigenvalue weighted by Crippen LogP contribution is -2.51. The maximum atomic E-state index is 13.3. The van der Waals surface area contributed by atoms with Crippen LogP contribution in [0, 0.1) is 5.41 Å². The number of aliphatic carboxylic acids is 1. The number of carbonyl (C=O) groups is 2. The minimum atomic E-state index is -0.973. The van der Waals surface area contributed by atoms with Crippen molar-refractivity contribution in [3.05, 3.63) is 23.8 Å². The molecule has 0 radical (unpaired) electrons. The lowest BCUT2D eigenvalue weighted by atomic mass is 9.74. The molecule has 2 N–H and O–H groups in total. The van der Waals surface area contributed by atoms with Crippen LogP contribution in [0.25, 0.3) is 0 Å². The molecule has 7 nitrogen and oxygen atoms in total. The Hall–Kier alpha value is -2.28. The van der Waals surface area contributed by atoms with Gasteiger partial charge in [0.05, 0.1) is 25.0 Å². The Morgan fingerprint density at radius 2 is 1.75 bits per heavy atom. The van der Waals surface area contributed by atoms with Crippen LogP contribution < -0.4 is 14.8 Å². The second-order valence-corrected chi connectivity index (χ2v) is 7.24. The van der Waals surface area contributed by atoms with E-state index in [1.165, 1.54) is 0 Å². The first-order valence-corrected chi connectivity index (χ1v) is 9.71. The second kappa shape index (κ2) is 9.28. The highest BCUT2D eigenvalue weighted by Gasteiger charge is 2.43. The number of methoxy groups -OCH3 is 2. The first-order valence-electron chi connectivity index (χ1n) is 9.71. The maximum absolute atomic E-state index is 13.3. The highest BCUT2D eigenvalue weighted by Crippen LogP contribution is 2.38. The van der Waals surface area contributed by atoms with Crippen LogP contribution in [-0.2, 0) is 19.7 Å². The quantitative estimate of drug-likeness (QED) is 0.670. The molecule has 1 aromatic rings. The van der Waals surface area contributed by atoms with Crippen LogP contribution >= 0.6 is 0 Å². The van der Waals surface area contributed by atoms with Crippen LogP contribution in [0.15, 0.2) is 18.2 Å². The van der Waals surface area contributed by atoms with E-state index in [-0.39, 0.29) is 12.5 Å². The molecule has 1 saturated heterocycles. The molecular formula is C21H31NO6. The Labute approximate surface area is 166 Å². The Morgan fingerprint density at radius 3 is 2.25 bits per heavy atom. The number of nitrogens with one attached hydrogen (secondary N) is 1. The van der Waals surface area contributed by atoms with Crippen molar-refractivity contribution < 1.29 is 28.9 Å². The standard InChI is InChI=1S/C21H31NO6/c1-5-21(6-2,15-7-8-16(26-3)17(13-15)27-4)18(23)22-14-20(19(24)25)9-11-28-12-10-20/h7-8,13H,5-6,9-12,14H2,1-4H3,(H,22,23)(H,24,25). The minimum Gasteiger partial charge on any atom is -0.493 e. The summed E-state index contributed by atoms with van der Waals surface area (Å²) in [5.74, 6) is 0.1000. The number of ether oxygens (including phenoxy) is 3. The molecule has 2 rings (SSSR count). The van der Waals surface area contributed by atoms with Gasteiger partial charge in [-0.05, 0) is 43.4 Å². The van der Waals surface area contributed by atoms with Crippen molar-refractivity contribution in [1.29, 1.82) is 0 Å². The predicted octanol–water partition coefficient (Wildman–Crippen LogP) is 2.76. The van der Waals surface area contributed by atoms with Crippen molar-refractivity contribution in [2.75, 3.05) is 34.0 Å². The van der Waals surface area contributed by atoms with Gasteiger partial charge >= 0.3 is 5.97 Å². The number of carboxylic acids is 1. The summed E-state index contributed by atoms with van der Waals surface area (Å²) in [4.78, 5) is 25.1. The molecule has 0 saturated carbocycles. The Morgan fingerprint density at radius 1 is 1.14 bits per heavy atom. The predicted molar refractivity (Wildman–Crippen MR) is 105 cm³/mol. The van der Waals surface area contributed by atoms with E-state index >= 15 is 0 Å². The van der Waals surface area contributed by atoms with Crippen LogP contribution in [0.1, 0.15) is 45.1 Å². The maximum Gasteiger partial charge on any atom is 0.311 e. The first kappa shape index (κ1) is 22.0. The molecule has 0 spiro atoms. The molecule has 0 unspecified atom stereocenters. The molecule has 7 heteroatoms. The summed E-state index contributed by atoms with van der Waals surface area (Å²) in [6, 6.07) is 5.49. The fourth-order valence-corrected chi connectivity index (χ4v) is 3.89. The van der Waals surface area contributed by atoms with Crippen LogP contribution in [0.2, 0.25) is 0 Å². The molecule has 0 bridgehead atoms. The zero-order chi connectivity index (χ0) is 20.8. The molecule has 1 aliphatic heterocycles. The average Bonchev–Trinajstić information content (AvgIpc) is 2.73. The highest BCUT2D eigenvalue weighted by molar-refractivity contribution is 5.89. The van der Waals surface area contributed by atoms with Gasteiger partial charge < -0.3 is 24.6 Å². The molecule has 0 aliphatic carbocycles. The number of hydrogen-bond acceptors (Lipinski definition) is 5. The summed E-state index contributed by atoms with van der Waals surface area (Å²) in [5, 5.41) is 12.7. The van der Waals surface area contributed by atoms with E-state index in [2.05, 4.69) is 5.32 Å². The fraction of sp³-hybridized carbons (Fsp3) is 0.619. The van der Waals surface area contributed by atoms with E-state index in [9.17, 15) is 14.7 Å². The molecule has 1 aromatic carbocycles. The van der Waals surface area contributed by atoms with Crippen molar-refractivity contribution in [2.24, 2.45) is 5.41 Å². The Bertz CT molecular complexity index is 692. The van der Waals surface area contributed by atoms with Gasteiger partial charge in [-0.15, -0.1) is 0 Å². The molecule has 1 aliphatic rings. The largest absolute Gasteiger partial charge is 0.493 e. The van der Waals surface area contributed by atoms with Crippen molar-refractivity contribution in [1.82, 2.24) is 5.32 Å². The van der Waals surface area contributed by atoms with E-state index in [1.54, 1.807) is 20.3 Å². The van der Waals surface area contributed by atoms with Crippen molar-refractivity contribution in [3.8, 4) is 11.5 Å². The number of carboxylic acid groups (broad SMARTS) is 1. The van der Waals surface area contributed by atoms with Gasteiger partial charge in [-0.1, -0.05) is 19.9 Å². The number of amides is 1.